The first-order valence-corrected chi connectivity index (χ1v) is 13.1. The van der Waals surface area contributed by atoms with Crippen molar-refractivity contribution in [2.75, 3.05) is 6.61 Å². The molecule has 0 N–H and O–H groups in total. The molecule has 2 aliphatic rings. The second-order valence-electron chi connectivity index (χ2n) is 10.2. The van der Waals surface area contributed by atoms with Gasteiger partial charge in [-0.1, -0.05) is 89.5 Å². The Morgan fingerprint density at radius 3 is 1.83 bits per heavy atom. The number of hydrogen-bond donors (Lipinski definition) is 0. The minimum atomic E-state index is 0.704. The molecule has 2 saturated carbocycles. The molecule has 0 aliphatic heterocycles. The normalized spacial score (nSPS) is 27.4. The Hall–Kier alpha value is -1.24. The number of hydrogen-bond acceptors (Lipinski definition) is 1. The molecule has 168 valence electrons. The second-order valence-corrected chi connectivity index (χ2v) is 10.2. The lowest BCUT2D eigenvalue weighted by Crippen LogP contribution is -2.15. The van der Waals surface area contributed by atoms with Crippen LogP contribution in [-0.4, -0.2) is 6.61 Å². The number of ether oxygens (including phenoxy) is 1. The summed E-state index contributed by atoms with van der Waals surface area (Å²) >= 11 is 0. The first-order valence-electron chi connectivity index (χ1n) is 13.1. The molecule has 0 unspecified atom stereocenters. The number of rotatable bonds is 11. The van der Waals surface area contributed by atoms with Crippen molar-refractivity contribution < 1.29 is 4.74 Å². The minimum Gasteiger partial charge on any atom is -0.490 e. The van der Waals surface area contributed by atoms with Crippen LogP contribution in [0.15, 0.2) is 36.4 Å². The van der Waals surface area contributed by atoms with Gasteiger partial charge in [-0.25, -0.2) is 0 Å². The maximum Gasteiger partial charge on any atom is 0.119 e. The van der Waals surface area contributed by atoms with Crippen LogP contribution in [0.3, 0.4) is 0 Å². The summed E-state index contributed by atoms with van der Waals surface area (Å²) in [6.07, 6.45) is 24.3. The molecule has 0 atom stereocenters. The second kappa shape index (κ2) is 13.2. The van der Waals surface area contributed by atoms with Gasteiger partial charge in [-0.15, -0.1) is 0 Å². The van der Waals surface area contributed by atoms with Crippen LogP contribution in [-0.2, 0) is 6.42 Å². The van der Waals surface area contributed by atoms with Gasteiger partial charge in [0.2, 0.25) is 0 Å². The number of allylic oxidation sites excluding steroid dienone is 1. The Morgan fingerprint density at radius 2 is 1.27 bits per heavy atom. The summed E-state index contributed by atoms with van der Waals surface area (Å²) in [5.74, 6) is 4.76. The van der Waals surface area contributed by atoms with Gasteiger partial charge in [-0.3, -0.25) is 0 Å². The maximum atomic E-state index is 5.95. The highest BCUT2D eigenvalue weighted by Gasteiger charge is 2.20. The van der Waals surface area contributed by atoms with Crippen LogP contribution in [0.4, 0.5) is 0 Å². The number of benzene rings is 1. The molecule has 0 amide bonds. The molecule has 1 aromatic rings. The summed E-state index contributed by atoms with van der Waals surface area (Å²) in [6, 6.07) is 8.88. The fraction of sp³-hybridized carbons (Fsp3) is 0.724. The van der Waals surface area contributed by atoms with Crippen molar-refractivity contribution >= 4 is 0 Å². The van der Waals surface area contributed by atoms with E-state index in [4.69, 9.17) is 4.74 Å². The zero-order valence-corrected chi connectivity index (χ0v) is 19.8. The molecular formula is C29H46O. The van der Waals surface area contributed by atoms with Gasteiger partial charge in [-0.05, 0) is 79.9 Å². The molecule has 30 heavy (non-hydrogen) atoms. The largest absolute Gasteiger partial charge is 0.490 e. The van der Waals surface area contributed by atoms with E-state index in [0.717, 1.165) is 29.4 Å². The Labute approximate surface area is 186 Å². The van der Waals surface area contributed by atoms with Gasteiger partial charge >= 0.3 is 0 Å². The van der Waals surface area contributed by atoms with E-state index in [0.29, 0.717) is 6.61 Å². The van der Waals surface area contributed by atoms with Gasteiger partial charge < -0.3 is 4.74 Å². The fourth-order valence-electron chi connectivity index (χ4n) is 5.81. The quantitative estimate of drug-likeness (QED) is 0.331. The van der Waals surface area contributed by atoms with E-state index in [1.807, 2.05) is 0 Å². The van der Waals surface area contributed by atoms with Crippen molar-refractivity contribution in [2.45, 2.75) is 104 Å². The molecule has 0 spiro atoms. The van der Waals surface area contributed by atoms with Crippen LogP contribution in [0.2, 0.25) is 0 Å². The van der Waals surface area contributed by atoms with Crippen LogP contribution < -0.4 is 4.74 Å². The van der Waals surface area contributed by atoms with Crippen molar-refractivity contribution in [1.29, 1.82) is 0 Å². The van der Waals surface area contributed by atoms with E-state index in [9.17, 15) is 0 Å². The average Bonchev–Trinajstić information content (AvgIpc) is 2.78. The minimum absolute atomic E-state index is 0.704. The lowest BCUT2D eigenvalue weighted by molar-refractivity contribution is 0.252. The predicted molar refractivity (Wildman–Crippen MR) is 130 cm³/mol. The molecule has 1 nitrogen and oxygen atoms in total. The lowest BCUT2D eigenvalue weighted by atomic mass is 9.78. The van der Waals surface area contributed by atoms with Gasteiger partial charge in [0.15, 0.2) is 0 Å². The highest BCUT2D eigenvalue weighted by molar-refractivity contribution is 5.27. The summed E-state index contributed by atoms with van der Waals surface area (Å²) in [6.45, 7) is 5.35. The molecule has 0 saturated heterocycles. The molecule has 3 rings (SSSR count). The Bertz CT molecular complexity index is 585. The van der Waals surface area contributed by atoms with Crippen LogP contribution in [0, 0.1) is 23.7 Å². The molecule has 0 heterocycles. The van der Waals surface area contributed by atoms with E-state index in [1.165, 1.54) is 95.5 Å². The van der Waals surface area contributed by atoms with Crippen LogP contribution in [0.25, 0.3) is 0 Å². The van der Waals surface area contributed by atoms with E-state index in [-0.39, 0.29) is 0 Å². The Balaban J connectivity index is 1.29. The van der Waals surface area contributed by atoms with Crippen molar-refractivity contribution in [3.8, 4) is 5.75 Å². The average molecular weight is 411 g/mol. The van der Waals surface area contributed by atoms with E-state index in [2.05, 4.69) is 50.3 Å². The maximum absolute atomic E-state index is 5.95. The van der Waals surface area contributed by atoms with Gasteiger partial charge in [0.1, 0.15) is 12.4 Å². The summed E-state index contributed by atoms with van der Waals surface area (Å²) in [5.41, 5.74) is 1.47. The van der Waals surface area contributed by atoms with Crippen molar-refractivity contribution in [2.24, 2.45) is 23.7 Å². The molecule has 1 heteroatoms. The highest BCUT2D eigenvalue weighted by atomic mass is 16.5. The molecule has 2 aliphatic carbocycles. The lowest BCUT2D eigenvalue weighted by Gasteiger charge is -2.28. The first kappa shape index (κ1) is 23.4. The van der Waals surface area contributed by atoms with Crippen LogP contribution >= 0.6 is 0 Å². The monoisotopic (exact) mass is 410 g/mol. The van der Waals surface area contributed by atoms with Gasteiger partial charge in [0, 0.05) is 0 Å². The van der Waals surface area contributed by atoms with Crippen molar-refractivity contribution in [3.05, 3.63) is 42.0 Å². The van der Waals surface area contributed by atoms with Gasteiger partial charge in [0.25, 0.3) is 0 Å². The molecular weight excluding hydrogens is 364 g/mol. The van der Waals surface area contributed by atoms with Gasteiger partial charge in [-0.2, -0.15) is 0 Å². The van der Waals surface area contributed by atoms with Crippen molar-refractivity contribution in [1.82, 2.24) is 0 Å². The topological polar surface area (TPSA) is 9.23 Å². The Morgan fingerprint density at radius 1 is 0.733 bits per heavy atom. The smallest absolute Gasteiger partial charge is 0.119 e. The molecule has 2 fully saturated rings. The molecule has 0 radical (unpaired) electrons. The zero-order valence-electron chi connectivity index (χ0n) is 19.8. The van der Waals surface area contributed by atoms with E-state index < -0.39 is 0 Å². The first-order chi connectivity index (χ1) is 14.8. The summed E-state index contributed by atoms with van der Waals surface area (Å²) < 4.78 is 5.95. The number of aryl methyl sites for hydroxylation is 1. The SMILES string of the molecule is CCC[C@H]1CC[C@H](/C=C/COc2ccc(CC[C@H]3CC[C@H](CCC)CC3)cc2)CC1. The summed E-state index contributed by atoms with van der Waals surface area (Å²) in [7, 11) is 0. The van der Waals surface area contributed by atoms with E-state index in [1.54, 1.807) is 0 Å². The highest BCUT2D eigenvalue weighted by Crippen LogP contribution is 2.34. The van der Waals surface area contributed by atoms with Gasteiger partial charge in [0.05, 0.1) is 0 Å². The zero-order chi connectivity index (χ0) is 21.0. The molecule has 0 bridgehead atoms. The standard InChI is InChI=1S/C29H46O/c1-3-6-24-9-13-26(14-10-24)8-5-23-30-29-21-19-28(20-22-29)18-17-27-15-11-25(7-4-2)12-16-27/h5,8,19-22,24-27H,3-4,6-7,9-18,23H2,1-2H3/b8-5+/t24-,25-,26-,27-. The predicted octanol–water partition coefficient (Wildman–Crippen LogP) is 8.77. The van der Waals surface area contributed by atoms with Crippen molar-refractivity contribution in [3.63, 3.8) is 0 Å². The summed E-state index contributed by atoms with van der Waals surface area (Å²) in [4.78, 5) is 0. The summed E-state index contributed by atoms with van der Waals surface area (Å²) in [5, 5.41) is 0. The molecule has 1 aromatic carbocycles. The Kier molecular flexibility index (Phi) is 10.3. The molecule has 0 aromatic heterocycles. The van der Waals surface area contributed by atoms with E-state index >= 15 is 0 Å². The fourth-order valence-corrected chi connectivity index (χ4v) is 5.81. The van der Waals surface area contributed by atoms with Crippen LogP contribution in [0.1, 0.15) is 103 Å². The third-order valence-electron chi connectivity index (χ3n) is 7.77. The third kappa shape index (κ3) is 8.12. The third-order valence-corrected chi connectivity index (χ3v) is 7.77. The van der Waals surface area contributed by atoms with Crippen LogP contribution in [0.5, 0.6) is 5.75 Å².